The molecule has 0 spiro atoms. The molecule has 27 heavy (non-hydrogen) atoms. The standard InChI is InChI=1S/C23H21NO3/c25-17-7-9-21-18(13-17)23(19(14-27-21)15-4-2-1-3-5-15)16-6-8-22-20(12-16)24-10-11-26-22/h1-9,12-13,19,23-25H,10-11,14H2/t19-,23-/m1/s1. The second-order valence-electron chi connectivity index (χ2n) is 7.06. The maximum absolute atomic E-state index is 10.1. The second kappa shape index (κ2) is 6.54. The molecule has 2 aliphatic rings. The lowest BCUT2D eigenvalue weighted by atomic mass is 9.75. The number of ether oxygens (including phenoxy) is 2. The van der Waals surface area contributed by atoms with Crippen molar-refractivity contribution in [1.29, 1.82) is 0 Å². The first-order valence-electron chi connectivity index (χ1n) is 9.31. The van der Waals surface area contributed by atoms with Crippen LogP contribution in [0.15, 0.2) is 66.7 Å². The minimum atomic E-state index is 0.0947. The first kappa shape index (κ1) is 16.1. The van der Waals surface area contributed by atoms with Gasteiger partial charge in [0.1, 0.15) is 23.9 Å². The van der Waals surface area contributed by atoms with Gasteiger partial charge in [0.25, 0.3) is 0 Å². The quantitative estimate of drug-likeness (QED) is 0.707. The first-order chi connectivity index (χ1) is 13.3. The molecule has 2 heterocycles. The van der Waals surface area contributed by atoms with E-state index in [2.05, 4.69) is 41.7 Å². The zero-order valence-corrected chi connectivity index (χ0v) is 14.9. The highest BCUT2D eigenvalue weighted by molar-refractivity contribution is 5.62. The van der Waals surface area contributed by atoms with Gasteiger partial charge < -0.3 is 19.9 Å². The molecule has 3 aromatic rings. The lowest BCUT2D eigenvalue weighted by Gasteiger charge is -2.35. The Morgan fingerprint density at radius 2 is 1.70 bits per heavy atom. The number of rotatable bonds is 2. The number of anilines is 1. The third-order valence-electron chi connectivity index (χ3n) is 5.41. The van der Waals surface area contributed by atoms with Gasteiger partial charge in [0, 0.05) is 23.9 Å². The molecule has 136 valence electrons. The van der Waals surface area contributed by atoms with Gasteiger partial charge in [0.05, 0.1) is 12.3 Å². The summed E-state index contributed by atoms with van der Waals surface area (Å²) in [6.07, 6.45) is 0. The van der Waals surface area contributed by atoms with Gasteiger partial charge in [-0.15, -0.1) is 0 Å². The third kappa shape index (κ3) is 2.87. The van der Waals surface area contributed by atoms with E-state index in [0.717, 1.165) is 29.3 Å². The molecule has 0 aromatic heterocycles. The highest BCUT2D eigenvalue weighted by Gasteiger charge is 2.34. The molecule has 0 saturated carbocycles. The molecular formula is C23H21NO3. The van der Waals surface area contributed by atoms with E-state index in [-0.39, 0.29) is 17.6 Å². The Kier molecular flexibility index (Phi) is 3.89. The lowest BCUT2D eigenvalue weighted by Crippen LogP contribution is -2.25. The summed E-state index contributed by atoms with van der Waals surface area (Å²) in [5.41, 5.74) is 4.47. The van der Waals surface area contributed by atoms with Crippen LogP contribution in [0.4, 0.5) is 5.69 Å². The molecule has 0 amide bonds. The number of nitrogens with one attached hydrogen (secondary N) is 1. The summed E-state index contributed by atoms with van der Waals surface area (Å²) in [5, 5.41) is 13.5. The van der Waals surface area contributed by atoms with E-state index in [1.54, 1.807) is 6.07 Å². The Labute approximate surface area is 158 Å². The van der Waals surface area contributed by atoms with E-state index in [4.69, 9.17) is 9.47 Å². The Hall–Kier alpha value is -3.14. The van der Waals surface area contributed by atoms with Gasteiger partial charge in [-0.2, -0.15) is 0 Å². The zero-order chi connectivity index (χ0) is 18.2. The summed E-state index contributed by atoms with van der Waals surface area (Å²) in [7, 11) is 0. The predicted molar refractivity (Wildman–Crippen MR) is 105 cm³/mol. The normalized spacial score (nSPS) is 20.4. The average molecular weight is 359 g/mol. The molecule has 4 heteroatoms. The fourth-order valence-electron chi connectivity index (χ4n) is 4.16. The van der Waals surface area contributed by atoms with Crippen molar-refractivity contribution in [3.63, 3.8) is 0 Å². The molecule has 0 bridgehead atoms. The van der Waals surface area contributed by atoms with Gasteiger partial charge in [-0.1, -0.05) is 36.4 Å². The van der Waals surface area contributed by atoms with Crippen molar-refractivity contribution < 1.29 is 14.6 Å². The van der Waals surface area contributed by atoms with Gasteiger partial charge >= 0.3 is 0 Å². The molecule has 0 radical (unpaired) electrons. The first-order valence-corrected chi connectivity index (χ1v) is 9.31. The number of fused-ring (bicyclic) bond motifs is 2. The summed E-state index contributed by atoms with van der Waals surface area (Å²) in [6.45, 7) is 2.10. The lowest BCUT2D eigenvalue weighted by molar-refractivity contribution is 0.248. The Morgan fingerprint density at radius 3 is 2.59 bits per heavy atom. The maximum Gasteiger partial charge on any atom is 0.142 e. The minimum Gasteiger partial charge on any atom is -0.508 e. The fourth-order valence-corrected chi connectivity index (χ4v) is 4.16. The Bertz CT molecular complexity index is 971. The van der Waals surface area contributed by atoms with E-state index >= 15 is 0 Å². The van der Waals surface area contributed by atoms with Crippen molar-refractivity contribution in [2.45, 2.75) is 11.8 Å². The molecule has 2 atom stereocenters. The van der Waals surface area contributed by atoms with Gasteiger partial charge in [0.15, 0.2) is 0 Å². The number of phenols is 1. The van der Waals surface area contributed by atoms with Crippen LogP contribution in [-0.2, 0) is 0 Å². The van der Waals surface area contributed by atoms with E-state index < -0.39 is 0 Å². The third-order valence-corrected chi connectivity index (χ3v) is 5.41. The van der Waals surface area contributed by atoms with Crippen molar-refractivity contribution in [2.75, 3.05) is 25.1 Å². The minimum absolute atomic E-state index is 0.0947. The smallest absolute Gasteiger partial charge is 0.142 e. The van der Waals surface area contributed by atoms with Crippen molar-refractivity contribution in [3.8, 4) is 17.2 Å². The maximum atomic E-state index is 10.1. The van der Waals surface area contributed by atoms with Crippen LogP contribution < -0.4 is 14.8 Å². The van der Waals surface area contributed by atoms with Crippen LogP contribution in [0, 0.1) is 0 Å². The molecule has 2 N–H and O–H groups in total. The van der Waals surface area contributed by atoms with Crippen molar-refractivity contribution in [3.05, 3.63) is 83.4 Å². The molecule has 0 unspecified atom stereocenters. The Morgan fingerprint density at radius 1 is 0.852 bits per heavy atom. The zero-order valence-electron chi connectivity index (χ0n) is 14.9. The molecule has 3 aromatic carbocycles. The number of hydrogen-bond donors (Lipinski definition) is 2. The van der Waals surface area contributed by atoms with Crippen LogP contribution >= 0.6 is 0 Å². The number of aromatic hydroxyl groups is 1. The van der Waals surface area contributed by atoms with E-state index in [0.29, 0.717) is 13.2 Å². The molecule has 0 saturated heterocycles. The summed E-state index contributed by atoms with van der Waals surface area (Å²) in [5.74, 6) is 2.26. The predicted octanol–water partition coefficient (Wildman–Crippen LogP) is 4.50. The summed E-state index contributed by atoms with van der Waals surface area (Å²) in [6, 6.07) is 22.2. The monoisotopic (exact) mass is 359 g/mol. The average Bonchev–Trinajstić information content (AvgIpc) is 2.73. The molecule has 2 aliphatic heterocycles. The molecule has 0 aliphatic carbocycles. The van der Waals surface area contributed by atoms with E-state index in [9.17, 15) is 5.11 Å². The molecule has 5 rings (SSSR count). The van der Waals surface area contributed by atoms with Crippen LogP contribution in [0.2, 0.25) is 0 Å². The van der Waals surface area contributed by atoms with Gasteiger partial charge in [0.2, 0.25) is 0 Å². The van der Waals surface area contributed by atoms with E-state index in [1.807, 2.05) is 24.3 Å². The second-order valence-corrected chi connectivity index (χ2v) is 7.06. The summed E-state index contributed by atoms with van der Waals surface area (Å²) < 4.78 is 11.8. The highest BCUT2D eigenvalue weighted by Crippen LogP contribution is 2.48. The van der Waals surface area contributed by atoms with Crippen molar-refractivity contribution in [1.82, 2.24) is 0 Å². The van der Waals surface area contributed by atoms with Crippen LogP contribution in [0.25, 0.3) is 0 Å². The molecule has 0 fully saturated rings. The topological polar surface area (TPSA) is 50.7 Å². The van der Waals surface area contributed by atoms with Crippen molar-refractivity contribution in [2.24, 2.45) is 0 Å². The Balaban J connectivity index is 1.66. The van der Waals surface area contributed by atoms with Gasteiger partial charge in [-0.25, -0.2) is 0 Å². The van der Waals surface area contributed by atoms with Gasteiger partial charge in [-0.05, 0) is 41.5 Å². The summed E-state index contributed by atoms with van der Waals surface area (Å²) in [4.78, 5) is 0. The largest absolute Gasteiger partial charge is 0.508 e. The summed E-state index contributed by atoms with van der Waals surface area (Å²) >= 11 is 0. The fraction of sp³-hybridized carbons (Fsp3) is 0.217. The van der Waals surface area contributed by atoms with Crippen molar-refractivity contribution >= 4 is 5.69 Å². The highest BCUT2D eigenvalue weighted by atomic mass is 16.5. The van der Waals surface area contributed by atoms with Gasteiger partial charge in [-0.3, -0.25) is 0 Å². The van der Waals surface area contributed by atoms with Crippen LogP contribution in [0.1, 0.15) is 28.5 Å². The van der Waals surface area contributed by atoms with E-state index in [1.165, 1.54) is 11.1 Å². The van der Waals surface area contributed by atoms with Crippen LogP contribution in [0.3, 0.4) is 0 Å². The number of phenolic OH excluding ortho intramolecular Hbond substituents is 1. The SMILES string of the molecule is Oc1ccc2c(c1)[C@@H](c1ccc3c(c1)NCCO3)[C@@H](c1ccccc1)CO2. The molecule has 4 nitrogen and oxygen atoms in total. The number of hydrogen-bond acceptors (Lipinski definition) is 4. The van der Waals surface area contributed by atoms with Crippen LogP contribution in [-0.4, -0.2) is 24.9 Å². The number of benzene rings is 3. The molecular weight excluding hydrogens is 338 g/mol. The van der Waals surface area contributed by atoms with Crippen LogP contribution in [0.5, 0.6) is 17.2 Å².